The Bertz CT molecular complexity index is 498. The fourth-order valence-corrected chi connectivity index (χ4v) is 2.39. The molecule has 0 heterocycles. The Labute approximate surface area is 120 Å². The SMILES string of the molecule is O=C(O)C(=CF)c1c(Cl)c(Cl)c(Cl)c(Cl)c1Cl. The van der Waals surface area contributed by atoms with Gasteiger partial charge in [-0.05, 0) is 0 Å². The van der Waals surface area contributed by atoms with Gasteiger partial charge in [-0.1, -0.05) is 58.0 Å². The number of benzene rings is 1. The Hall–Kier alpha value is -0.190. The van der Waals surface area contributed by atoms with Crippen LogP contribution in [0.2, 0.25) is 25.1 Å². The van der Waals surface area contributed by atoms with Crippen LogP contribution >= 0.6 is 58.0 Å². The Balaban J connectivity index is 3.72. The number of aliphatic carboxylic acids is 1. The molecule has 0 aromatic heterocycles. The van der Waals surface area contributed by atoms with Crippen LogP contribution in [0.25, 0.3) is 5.57 Å². The Morgan fingerprint density at radius 1 is 0.941 bits per heavy atom. The molecular formula is C9H2Cl5FO2. The second kappa shape index (κ2) is 5.63. The first-order valence-electron chi connectivity index (χ1n) is 3.88. The van der Waals surface area contributed by atoms with Crippen LogP contribution in [0.1, 0.15) is 5.56 Å². The molecule has 0 radical (unpaired) electrons. The summed E-state index contributed by atoms with van der Waals surface area (Å²) in [4.78, 5) is 10.8. The zero-order chi connectivity index (χ0) is 13.3. The molecular weight excluding hydrogens is 336 g/mol. The molecule has 2 nitrogen and oxygen atoms in total. The highest BCUT2D eigenvalue weighted by molar-refractivity contribution is 6.56. The van der Waals surface area contributed by atoms with Crippen molar-refractivity contribution in [2.24, 2.45) is 0 Å². The third kappa shape index (κ3) is 2.64. The van der Waals surface area contributed by atoms with Crippen LogP contribution in [0, 0.1) is 0 Å². The van der Waals surface area contributed by atoms with Gasteiger partial charge in [-0.2, -0.15) is 0 Å². The van der Waals surface area contributed by atoms with Crippen molar-refractivity contribution < 1.29 is 14.3 Å². The fraction of sp³-hybridized carbons (Fsp3) is 0. The van der Waals surface area contributed by atoms with Crippen molar-refractivity contribution in [3.8, 4) is 0 Å². The average molecular weight is 338 g/mol. The highest BCUT2D eigenvalue weighted by Crippen LogP contribution is 2.46. The van der Waals surface area contributed by atoms with Gasteiger partial charge in [0.25, 0.3) is 0 Å². The second-order valence-electron chi connectivity index (χ2n) is 2.77. The topological polar surface area (TPSA) is 37.3 Å². The molecule has 0 atom stereocenters. The van der Waals surface area contributed by atoms with E-state index in [4.69, 9.17) is 63.1 Å². The molecule has 0 amide bonds. The summed E-state index contributed by atoms with van der Waals surface area (Å²) < 4.78 is 12.5. The standard InChI is InChI=1S/C9H2Cl5FO2/c10-4-3(2(1-15)9(16)17)5(11)7(13)8(14)6(4)12/h1H,(H,16,17). The van der Waals surface area contributed by atoms with E-state index in [0.29, 0.717) is 0 Å². The molecule has 0 unspecified atom stereocenters. The smallest absolute Gasteiger partial charge is 0.338 e. The van der Waals surface area contributed by atoms with Crippen LogP contribution in [0.15, 0.2) is 6.33 Å². The summed E-state index contributed by atoms with van der Waals surface area (Å²) >= 11 is 28.7. The predicted octanol–water partition coefficient (Wildman–Crippen LogP) is 5.35. The number of rotatable bonds is 2. The van der Waals surface area contributed by atoms with Gasteiger partial charge in [-0.3, -0.25) is 0 Å². The molecule has 1 aromatic carbocycles. The van der Waals surface area contributed by atoms with E-state index >= 15 is 0 Å². The maximum atomic E-state index is 12.5. The summed E-state index contributed by atoms with van der Waals surface area (Å²) in [5.41, 5.74) is -1.08. The molecule has 0 spiro atoms. The van der Waals surface area contributed by atoms with Crippen molar-refractivity contribution in [1.29, 1.82) is 0 Å². The molecule has 17 heavy (non-hydrogen) atoms. The molecule has 0 bridgehead atoms. The number of carboxylic acid groups (broad SMARTS) is 1. The van der Waals surface area contributed by atoms with Crippen LogP contribution in [-0.2, 0) is 4.79 Å². The molecule has 0 aliphatic heterocycles. The van der Waals surface area contributed by atoms with Crippen LogP contribution in [0.3, 0.4) is 0 Å². The Morgan fingerprint density at radius 3 is 1.59 bits per heavy atom. The van der Waals surface area contributed by atoms with Crippen LogP contribution in [0.5, 0.6) is 0 Å². The third-order valence-corrected chi connectivity index (χ3v) is 4.10. The maximum Gasteiger partial charge on any atom is 0.338 e. The molecule has 1 aromatic rings. The van der Waals surface area contributed by atoms with Crippen molar-refractivity contribution in [1.82, 2.24) is 0 Å². The van der Waals surface area contributed by atoms with E-state index < -0.39 is 11.5 Å². The van der Waals surface area contributed by atoms with E-state index in [1.165, 1.54) is 0 Å². The number of hydrogen-bond donors (Lipinski definition) is 1. The Kier molecular flexibility index (Phi) is 4.93. The first kappa shape index (κ1) is 14.9. The lowest BCUT2D eigenvalue weighted by atomic mass is 10.1. The lowest BCUT2D eigenvalue weighted by Gasteiger charge is -2.11. The van der Waals surface area contributed by atoms with Gasteiger partial charge >= 0.3 is 5.97 Å². The predicted molar refractivity (Wildman–Crippen MR) is 68.2 cm³/mol. The van der Waals surface area contributed by atoms with Crippen LogP contribution < -0.4 is 0 Å². The number of halogens is 6. The molecule has 0 saturated carbocycles. The maximum absolute atomic E-state index is 12.5. The molecule has 0 saturated heterocycles. The fourth-order valence-electron chi connectivity index (χ4n) is 1.05. The summed E-state index contributed by atoms with van der Waals surface area (Å²) in [5.74, 6) is -1.56. The van der Waals surface area contributed by atoms with Gasteiger partial charge in [0, 0.05) is 5.56 Å². The molecule has 92 valence electrons. The average Bonchev–Trinajstić information content (AvgIpc) is 2.29. The van der Waals surface area contributed by atoms with E-state index in [-0.39, 0.29) is 37.0 Å². The highest BCUT2D eigenvalue weighted by Gasteiger charge is 2.25. The monoisotopic (exact) mass is 336 g/mol. The summed E-state index contributed by atoms with van der Waals surface area (Å²) in [6.45, 7) is 0. The molecule has 8 heteroatoms. The zero-order valence-corrected chi connectivity index (χ0v) is 11.5. The minimum atomic E-state index is -1.56. The van der Waals surface area contributed by atoms with Gasteiger partial charge in [0.05, 0.1) is 30.7 Å². The van der Waals surface area contributed by atoms with Crippen LogP contribution in [-0.4, -0.2) is 11.1 Å². The van der Waals surface area contributed by atoms with E-state index in [1.54, 1.807) is 0 Å². The second-order valence-corrected chi connectivity index (χ2v) is 4.66. The molecule has 0 aliphatic carbocycles. The molecule has 1 N–H and O–H groups in total. The van der Waals surface area contributed by atoms with Gasteiger partial charge in [0.1, 0.15) is 6.33 Å². The first-order chi connectivity index (χ1) is 7.82. The van der Waals surface area contributed by atoms with Gasteiger partial charge in [0.15, 0.2) is 0 Å². The summed E-state index contributed by atoms with van der Waals surface area (Å²) in [7, 11) is 0. The minimum absolute atomic E-state index is 0.129. The van der Waals surface area contributed by atoms with Gasteiger partial charge < -0.3 is 5.11 Å². The lowest BCUT2D eigenvalue weighted by Crippen LogP contribution is -2.01. The van der Waals surface area contributed by atoms with Crippen molar-refractivity contribution >= 4 is 69.5 Å². The largest absolute Gasteiger partial charge is 0.478 e. The van der Waals surface area contributed by atoms with Gasteiger partial charge in [0.2, 0.25) is 0 Å². The third-order valence-electron chi connectivity index (χ3n) is 1.82. The summed E-state index contributed by atoms with van der Waals surface area (Å²) in [6.07, 6.45) is -0.157. The van der Waals surface area contributed by atoms with E-state index in [9.17, 15) is 9.18 Å². The first-order valence-corrected chi connectivity index (χ1v) is 5.77. The van der Waals surface area contributed by atoms with Crippen molar-refractivity contribution in [3.63, 3.8) is 0 Å². The minimum Gasteiger partial charge on any atom is -0.478 e. The van der Waals surface area contributed by atoms with Crippen molar-refractivity contribution in [2.75, 3.05) is 0 Å². The van der Waals surface area contributed by atoms with Crippen LogP contribution in [0.4, 0.5) is 4.39 Å². The van der Waals surface area contributed by atoms with E-state index in [0.717, 1.165) is 0 Å². The quantitative estimate of drug-likeness (QED) is 0.448. The van der Waals surface area contributed by atoms with Gasteiger partial charge in [-0.15, -0.1) is 0 Å². The molecule has 0 fully saturated rings. The molecule has 0 aliphatic rings. The highest BCUT2D eigenvalue weighted by atomic mass is 35.5. The van der Waals surface area contributed by atoms with Crippen molar-refractivity contribution in [3.05, 3.63) is 37.0 Å². The normalized spacial score (nSPS) is 11.8. The lowest BCUT2D eigenvalue weighted by molar-refractivity contribution is -0.130. The van der Waals surface area contributed by atoms with Crippen molar-refractivity contribution in [2.45, 2.75) is 0 Å². The Morgan fingerprint density at radius 2 is 1.29 bits per heavy atom. The summed E-state index contributed by atoms with van der Waals surface area (Å²) in [6, 6.07) is 0. The number of carbonyl (C=O) groups is 1. The zero-order valence-electron chi connectivity index (χ0n) is 7.70. The van der Waals surface area contributed by atoms with Gasteiger partial charge in [-0.25, -0.2) is 9.18 Å². The van der Waals surface area contributed by atoms with E-state index in [1.807, 2.05) is 0 Å². The molecule has 1 rings (SSSR count). The van der Waals surface area contributed by atoms with E-state index in [2.05, 4.69) is 0 Å². The number of hydrogen-bond acceptors (Lipinski definition) is 1. The summed E-state index contributed by atoms with van der Waals surface area (Å²) in [5, 5.41) is 7.70. The number of carboxylic acids is 1.